The average molecular weight is 1260 g/mol. The van der Waals surface area contributed by atoms with Crippen LogP contribution in [0.4, 0.5) is 17.7 Å². The summed E-state index contributed by atoms with van der Waals surface area (Å²) < 4.78 is 50.1. The van der Waals surface area contributed by atoms with Crippen molar-refractivity contribution >= 4 is 58.5 Å². The number of ether oxygens (including phenoxy) is 8. The molecule has 2 amide bonds. The number of unbranched alkanes of at least 4 members (excludes halogenated alkanes) is 1. The van der Waals surface area contributed by atoms with Crippen LogP contribution in [0.3, 0.4) is 0 Å². The number of aromatic nitrogens is 3. The Labute approximate surface area is 524 Å². The maximum Gasteiger partial charge on any atom is 0.293 e. The third-order valence-electron chi connectivity index (χ3n) is 16.0. The molecule has 1 saturated carbocycles. The molecule has 10 N–H and O–H groups in total. The highest BCUT2D eigenvalue weighted by molar-refractivity contribution is 6.17. The zero-order valence-corrected chi connectivity index (χ0v) is 53.3. The summed E-state index contributed by atoms with van der Waals surface area (Å²) >= 11 is 0. The molecule has 0 bridgehead atoms. The number of carbonyl (C=O) groups is 3. The number of carbonyl (C=O) groups excluding carboxylic acids is 3. The molecule has 0 spiro atoms. The Morgan fingerprint density at radius 1 is 0.854 bits per heavy atom. The number of nitrogens with one attached hydrogen (secondary N) is 3. The maximum absolute atomic E-state index is 13.0. The Morgan fingerprint density at radius 3 is 2.10 bits per heavy atom. The van der Waals surface area contributed by atoms with Crippen LogP contribution in [0.15, 0.2) is 45.7 Å². The first-order valence-electron chi connectivity index (χ1n) is 31.6. The Bertz CT molecular complexity index is 2590. The molecule has 89 heavy (non-hydrogen) atoms. The summed E-state index contributed by atoms with van der Waals surface area (Å²) in [4.78, 5) is 57.1. The van der Waals surface area contributed by atoms with Gasteiger partial charge in [-0.3, -0.25) is 19.8 Å². The first-order valence-corrected chi connectivity index (χ1v) is 31.6. The number of oxazole rings is 1. The number of oxime groups is 1. The highest BCUT2D eigenvalue weighted by atomic mass is 16.6. The summed E-state index contributed by atoms with van der Waals surface area (Å²) in [5.41, 5.74) is 15.1. The fraction of sp³-hybridized carbons (Fsp3) is 0.714. The number of anilines is 3. The van der Waals surface area contributed by atoms with Gasteiger partial charge >= 0.3 is 0 Å². The number of piperidine rings is 1. The van der Waals surface area contributed by atoms with Crippen molar-refractivity contribution in [3.8, 4) is 0 Å². The molecule has 26 nitrogen and oxygen atoms in total. The van der Waals surface area contributed by atoms with E-state index in [9.17, 15) is 29.7 Å². The topological polar surface area (TPSA) is 362 Å². The second-order valence-corrected chi connectivity index (χ2v) is 23.5. The van der Waals surface area contributed by atoms with Gasteiger partial charge in [-0.15, -0.1) is 0 Å². The molecule has 6 atom stereocenters. The van der Waals surface area contributed by atoms with E-state index in [0.717, 1.165) is 64.2 Å². The van der Waals surface area contributed by atoms with Gasteiger partial charge in [0.25, 0.3) is 18.4 Å². The molecule has 3 aromatic rings. The van der Waals surface area contributed by atoms with Gasteiger partial charge in [0.05, 0.1) is 102 Å². The van der Waals surface area contributed by atoms with Crippen LogP contribution in [0.25, 0.3) is 11.1 Å². The van der Waals surface area contributed by atoms with Crippen molar-refractivity contribution in [3.63, 3.8) is 0 Å². The quantitative estimate of drug-likeness (QED) is 0.0112. The number of nitrogen functional groups attached to an aromatic ring is 2. The van der Waals surface area contributed by atoms with Crippen molar-refractivity contribution < 1.29 is 76.9 Å². The smallest absolute Gasteiger partial charge is 0.293 e. The SMILES string of the molecule is CO[C@@H](/C(=N/OCC(=O)NCCOCCOCCOCCOCCOCCOCCCCC(=O)N1CCC(Nc2ncnc(N)c2C(=N)c2ccc3oc(N)nc3c2)CC1)[C@H](C)CC(C)C)[C@H](O)/C(C)=C/[C@@H](C)[C@H](O)C[C@@H](CCC1CCC(O)CC1)OC=O. The maximum atomic E-state index is 13.0. The van der Waals surface area contributed by atoms with Crippen LogP contribution in [0.2, 0.25) is 0 Å². The molecule has 1 aliphatic carbocycles. The number of fused-ring (bicyclic) bond motifs is 1. The van der Waals surface area contributed by atoms with Gasteiger partial charge in [-0.05, 0) is 113 Å². The number of nitrogens with two attached hydrogens (primary N) is 2. The molecule has 2 aromatic heterocycles. The highest BCUT2D eigenvalue weighted by Crippen LogP contribution is 2.31. The monoisotopic (exact) mass is 1250 g/mol. The van der Waals surface area contributed by atoms with Crippen LogP contribution in [-0.4, -0.2) is 214 Å². The lowest BCUT2D eigenvalue weighted by atomic mass is 9.83. The lowest BCUT2D eigenvalue weighted by Crippen LogP contribution is -2.42. The number of benzene rings is 1. The minimum Gasteiger partial charge on any atom is -0.464 e. The van der Waals surface area contributed by atoms with Gasteiger partial charge in [0.1, 0.15) is 41.8 Å². The van der Waals surface area contributed by atoms with E-state index >= 15 is 0 Å². The first kappa shape index (κ1) is 73.8. The Balaban J connectivity index is 0.813. The number of aliphatic hydroxyl groups is 3. The molecule has 2 fully saturated rings. The number of likely N-dealkylation sites (tertiary alicyclic amines) is 1. The van der Waals surface area contributed by atoms with Crippen LogP contribution in [0, 0.1) is 29.1 Å². The molecule has 1 saturated heterocycles. The molecule has 500 valence electrons. The van der Waals surface area contributed by atoms with E-state index in [1.54, 1.807) is 31.2 Å². The van der Waals surface area contributed by atoms with E-state index in [4.69, 9.17) is 64.0 Å². The molecule has 5 rings (SSSR count). The van der Waals surface area contributed by atoms with Crippen molar-refractivity contribution in [2.75, 3.05) is 129 Å². The van der Waals surface area contributed by atoms with Gasteiger partial charge in [-0.2, -0.15) is 4.98 Å². The third kappa shape index (κ3) is 27.2. The largest absolute Gasteiger partial charge is 0.464 e. The van der Waals surface area contributed by atoms with Crippen LogP contribution < -0.4 is 22.1 Å². The van der Waals surface area contributed by atoms with Crippen LogP contribution >= 0.6 is 0 Å². The standard InChI is InChI=1S/C63H102N10O16/c1-42(2)35-44(4)58(60(80-6)59(79)45(5)36-43(3)52(76)38-50(87-41-74)16-12-46-10-14-49(75)15-11-46)72-88-39-54(77)67-20-24-82-26-28-84-30-32-86-34-33-85-31-29-83-27-25-81-23-8-7-9-55(78)73-21-18-48(19-22-73)70-62-56(61(65)68-40-69-62)57(64)47-13-17-53-51(37-47)71-63(66)89-53/h13,17,36-37,40-44,46,48-50,52,59-60,64,75-76,79H,7-12,14-16,18-35,38-39H2,1-6H3,(H2,66,71)(H,67,77)(H3,65,68,69,70)/b45-36+,64-57?,72-58+/t43-,44-,46?,49?,50-,52-,59-,60+/m1/s1. The van der Waals surface area contributed by atoms with Gasteiger partial charge in [0.2, 0.25) is 5.91 Å². The van der Waals surface area contributed by atoms with Gasteiger partial charge in [-0.1, -0.05) is 38.9 Å². The average Bonchev–Trinajstić information content (AvgIpc) is 3.45. The molecule has 1 aromatic carbocycles. The zero-order valence-electron chi connectivity index (χ0n) is 53.3. The lowest BCUT2D eigenvalue weighted by molar-refractivity contribution is -0.136. The van der Waals surface area contributed by atoms with Gasteiger partial charge in [0, 0.05) is 69.6 Å². The predicted molar refractivity (Wildman–Crippen MR) is 336 cm³/mol. The van der Waals surface area contributed by atoms with E-state index in [-0.39, 0.29) is 73.6 Å². The van der Waals surface area contributed by atoms with Gasteiger partial charge in [0.15, 0.2) is 12.2 Å². The predicted octanol–water partition coefficient (Wildman–Crippen LogP) is 5.62. The van der Waals surface area contributed by atoms with E-state index in [2.05, 4.69) is 44.6 Å². The number of hydrogen-bond donors (Lipinski definition) is 8. The Kier molecular flexibility index (Phi) is 34.4. The summed E-state index contributed by atoms with van der Waals surface area (Å²) in [6.07, 6.45) is 8.93. The van der Waals surface area contributed by atoms with Crippen molar-refractivity contribution in [1.29, 1.82) is 5.41 Å². The van der Waals surface area contributed by atoms with E-state index in [1.807, 2.05) is 18.7 Å². The molecule has 2 aliphatic rings. The number of amides is 2. The lowest BCUT2D eigenvalue weighted by Gasteiger charge is -2.33. The fourth-order valence-electron chi connectivity index (χ4n) is 11.0. The summed E-state index contributed by atoms with van der Waals surface area (Å²) in [5.74, 6) is 0.608. The van der Waals surface area contributed by atoms with Crippen LogP contribution in [0.5, 0.6) is 0 Å². The minimum atomic E-state index is -1.13. The number of aliphatic hydroxyl groups excluding tert-OH is 3. The molecule has 3 heterocycles. The molecular weight excluding hydrogens is 1150 g/mol. The fourth-order valence-corrected chi connectivity index (χ4v) is 11.0. The van der Waals surface area contributed by atoms with Crippen molar-refractivity contribution in [2.24, 2.45) is 28.8 Å². The normalized spacial score (nSPS) is 18.1. The third-order valence-corrected chi connectivity index (χ3v) is 16.0. The molecule has 0 radical (unpaired) electrons. The second-order valence-electron chi connectivity index (χ2n) is 23.5. The minimum absolute atomic E-state index is 0.0390. The highest BCUT2D eigenvalue weighted by Gasteiger charge is 2.32. The molecule has 1 aliphatic heterocycles. The van der Waals surface area contributed by atoms with Crippen molar-refractivity contribution in [3.05, 3.63) is 47.3 Å². The first-order chi connectivity index (χ1) is 43.0. The number of methoxy groups -OCH3 is 1. The van der Waals surface area contributed by atoms with E-state index < -0.39 is 30.3 Å². The zero-order chi connectivity index (χ0) is 64.3. The van der Waals surface area contributed by atoms with E-state index in [1.165, 1.54) is 13.4 Å². The van der Waals surface area contributed by atoms with Gasteiger partial charge < -0.3 is 89.5 Å². The van der Waals surface area contributed by atoms with Gasteiger partial charge in [-0.25, -0.2) is 9.97 Å². The van der Waals surface area contributed by atoms with Crippen LogP contribution in [0.1, 0.15) is 129 Å². The summed E-state index contributed by atoms with van der Waals surface area (Å²) in [7, 11) is 1.48. The number of hydrogen-bond acceptors (Lipinski definition) is 24. The second kappa shape index (κ2) is 41.4. The van der Waals surface area contributed by atoms with Crippen molar-refractivity contribution in [2.45, 2.75) is 155 Å². The Morgan fingerprint density at radius 2 is 1.48 bits per heavy atom. The number of nitrogens with zero attached hydrogens (tertiary/aromatic N) is 5. The number of rotatable bonds is 46. The Hall–Kier alpha value is -5.94. The van der Waals surface area contributed by atoms with E-state index in [0.29, 0.717) is 156 Å². The summed E-state index contributed by atoms with van der Waals surface area (Å²) in [6, 6.07) is 5.25. The molecule has 26 heteroatoms. The molecule has 0 unspecified atom stereocenters. The molecular formula is C63H102N10O16. The summed E-state index contributed by atoms with van der Waals surface area (Å²) in [6.45, 7) is 16.2. The van der Waals surface area contributed by atoms with Crippen molar-refractivity contribution in [1.82, 2.24) is 25.2 Å². The summed E-state index contributed by atoms with van der Waals surface area (Å²) in [5, 5.41) is 52.0. The van der Waals surface area contributed by atoms with Crippen LogP contribution in [-0.2, 0) is 57.1 Å².